The lowest BCUT2D eigenvalue weighted by molar-refractivity contribution is -0.138. The van der Waals surface area contributed by atoms with Crippen molar-refractivity contribution >= 4 is 36.0 Å². The van der Waals surface area contributed by atoms with E-state index < -0.39 is 23.9 Å². The Labute approximate surface area is 292 Å². The van der Waals surface area contributed by atoms with E-state index in [1.165, 1.54) is 12.2 Å². The first kappa shape index (κ1) is 38.5. The van der Waals surface area contributed by atoms with Crippen molar-refractivity contribution in [1.82, 2.24) is 0 Å². The maximum atomic E-state index is 12.5. The van der Waals surface area contributed by atoms with Crippen LogP contribution in [0, 0.1) is 13.8 Å². The molecule has 0 radical (unpaired) electrons. The van der Waals surface area contributed by atoms with Crippen LogP contribution in [0.25, 0.3) is 12.2 Å². The van der Waals surface area contributed by atoms with Gasteiger partial charge in [0.1, 0.15) is 23.0 Å². The number of ether oxygens (including phenoxy) is 6. The van der Waals surface area contributed by atoms with Gasteiger partial charge < -0.3 is 28.4 Å². The minimum Gasteiger partial charge on any atom is -0.494 e. The van der Waals surface area contributed by atoms with E-state index >= 15 is 0 Å². The Morgan fingerprint density at radius 2 is 0.880 bits per heavy atom. The number of hydrogen-bond donors (Lipinski definition) is 0. The van der Waals surface area contributed by atoms with Gasteiger partial charge in [-0.1, -0.05) is 37.4 Å². The van der Waals surface area contributed by atoms with E-state index in [4.69, 9.17) is 28.4 Å². The molecule has 0 aliphatic heterocycles. The normalized spacial score (nSPS) is 10.8. The maximum Gasteiger partial charge on any atom is 0.336 e. The second-order valence-electron chi connectivity index (χ2n) is 10.8. The lowest BCUT2D eigenvalue weighted by Gasteiger charge is -2.12. The average molecular weight is 683 g/mol. The van der Waals surface area contributed by atoms with Crippen molar-refractivity contribution in [2.24, 2.45) is 0 Å². The predicted octanol–water partition coefficient (Wildman–Crippen LogP) is 7.32. The molecule has 0 spiro atoms. The van der Waals surface area contributed by atoms with Gasteiger partial charge in [0, 0.05) is 24.3 Å². The fourth-order valence-electron chi connectivity index (χ4n) is 4.21. The molecule has 0 aliphatic carbocycles. The molecule has 0 unspecified atom stereocenters. The van der Waals surface area contributed by atoms with Crippen LogP contribution in [-0.4, -0.2) is 50.3 Å². The molecule has 262 valence electrons. The van der Waals surface area contributed by atoms with Crippen molar-refractivity contribution in [2.75, 3.05) is 26.4 Å². The number of hydrogen-bond acceptors (Lipinski definition) is 10. The summed E-state index contributed by atoms with van der Waals surface area (Å²) >= 11 is 0. The van der Waals surface area contributed by atoms with Crippen molar-refractivity contribution in [3.63, 3.8) is 0 Å². The third kappa shape index (κ3) is 14.1. The fourth-order valence-corrected chi connectivity index (χ4v) is 4.21. The zero-order valence-electron chi connectivity index (χ0n) is 28.4. The van der Waals surface area contributed by atoms with Crippen molar-refractivity contribution in [3.05, 3.63) is 120 Å². The monoisotopic (exact) mass is 682 g/mol. The molecule has 10 nitrogen and oxygen atoms in total. The molecule has 0 fully saturated rings. The van der Waals surface area contributed by atoms with Crippen LogP contribution in [0.1, 0.15) is 47.9 Å². The van der Waals surface area contributed by atoms with Crippen LogP contribution >= 0.6 is 0 Å². The maximum absolute atomic E-state index is 12.5. The summed E-state index contributed by atoms with van der Waals surface area (Å²) in [6, 6.07) is 17.7. The van der Waals surface area contributed by atoms with E-state index in [0.29, 0.717) is 73.4 Å². The molecule has 0 N–H and O–H groups in total. The molecule has 3 aromatic carbocycles. The van der Waals surface area contributed by atoms with Crippen LogP contribution in [0.5, 0.6) is 23.0 Å². The summed E-state index contributed by atoms with van der Waals surface area (Å²) in [6.07, 6.45) is 11.0. The lowest BCUT2D eigenvalue weighted by Crippen LogP contribution is -2.08. The topological polar surface area (TPSA) is 124 Å². The van der Waals surface area contributed by atoms with Gasteiger partial charge in [0.25, 0.3) is 0 Å². The molecule has 0 heterocycles. The molecule has 10 heteroatoms. The summed E-state index contributed by atoms with van der Waals surface area (Å²) in [4.78, 5) is 47.1. The molecule has 0 amide bonds. The molecular formula is C40H42O10. The van der Waals surface area contributed by atoms with Crippen LogP contribution in [-0.2, 0) is 28.7 Å². The van der Waals surface area contributed by atoms with Crippen LogP contribution < -0.4 is 18.9 Å². The summed E-state index contributed by atoms with van der Waals surface area (Å²) in [6.45, 7) is 11.9. The fraction of sp³-hybridized carbons (Fsp3) is 0.250. The van der Waals surface area contributed by atoms with Crippen molar-refractivity contribution in [2.45, 2.75) is 39.5 Å². The van der Waals surface area contributed by atoms with E-state index in [-0.39, 0.29) is 0 Å². The van der Waals surface area contributed by atoms with Crippen molar-refractivity contribution < 1.29 is 47.6 Å². The number of carbonyl (C=O) groups is 4. The predicted molar refractivity (Wildman–Crippen MR) is 190 cm³/mol. The van der Waals surface area contributed by atoms with Gasteiger partial charge in [0.15, 0.2) is 0 Å². The first-order valence-electron chi connectivity index (χ1n) is 16.1. The third-order valence-electron chi connectivity index (χ3n) is 7.13. The Morgan fingerprint density at radius 3 is 1.24 bits per heavy atom. The minimum atomic E-state index is -0.555. The summed E-state index contributed by atoms with van der Waals surface area (Å²) in [7, 11) is 0. The Morgan fingerprint density at radius 1 is 0.520 bits per heavy atom. The van der Waals surface area contributed by atoms with Gasteiger partial charge in [-0.15, -0.1) is 0 Å². The first-order valence-corrected chi connectivity index (χ1v) is 16.1. The van der Waals surface area contributed by atoms with Crippen molar-refractivity contribution in [3.8, 4) is 23.0 Å². The Balaban J connectivity index is 1.41. The van der Waals surface area contributed by atoms with Crippen LogP contribution in [0.2, 0.25) is 0 Å². The molecule has 3 aromatic rings. The molecule has 3 rings (SSSR count). The highest BCUT2D eigenvalue weighted by molar-refractivity contribution is 5.90. The largest absolute Gasteiger partial charge is 0.494 e. The smallest absolute Gasteiger partial charge is 0.336 e. The second-order valence-corrected chi connectivity index (χ2v) is 10.8. The molecule has 0 aliphatic rings. The van der Waals surface area contributed by atoms with E-state index in [1.54, 1.807) is 62.4 Å². The lowest BCUT2D eigenvalue weighted by atomic mass is 10.1. The van der Waals surface area contributed by atoms with E-state index in [9.17, 15) is 19.2 Å². The van der Waals surface area contributed by atoms with E-state index in [2.05, 4.69) is 13.2 Å². The first-order chi connectivity index (χ1) is 24.2. The molecule has 50 heavy (non-hydrogen) atoms. The molecule has 0 saturated carbocycles. The number of benzene rings is 3. The standard InChI is InChI=1S/C40H42O10/c1-5-37(41)47-27-9-7-25-45-33-17-11-31(12-18-33)15-23-39(43)49-35-21-22-36(30(4)29(35)3)50-40(44)24-16-32-13-19-34(20-14-32)46-26-8-10-28-48-38(42)6-2/h5-6,11-24H,1-2,7-10,25-28H2,3-4H3/b23-15+,24-16+. The quantitative estimate of drug-likeness (QED) is 0.0518. The SMILES string of the molecule is C=CC(=O)OCCCCOc1ccc(/C=C/C(=O)Oc2ccc(OC(=O)/C=C/c3ccc(OCCCCOC(=O)C=C)cc3)c(C)c2C)cc1. The summed E-state index contributed by atoms with van der Waals surface area (Å²) in [5.41, 5.74) is 2.90. The molecule has 0 bridgehead atoms. The van der Waals surface area contributed by atoms with Crippen molar-refractivity contribution in [1.29, 1.82) is 0 Å². The summed E-state index contributed by atoms with van der Waals surface area (Å²) < 4.78 is 32.3. The third-order valence-corrected chi connectivity index (χ3v) is 7.13. The number of unbranched alkanes of at least 4 members (excludes halogenated alkanes) is 2. The second kappa shape index (κ2) is 21.1. The van der Waals surface area contributed by atoms with Gasteiger partial charge in [-0.25, -0.2) is 19.2 Å². The highest BCUT2D eigenvalue weighted by Gasteiger charge is 2.13. The highest BCUT2D eigenvalue weighted by atomic mass is 16.5. The van der Waals surface area contributed by atoms with Gasteiger partial charge in [0.2, 0.25) is 0 Å². The van der Waals surface area contributed by atoms with Crippen LogP contribution in [0.4, 0.5) is 0 Å². The van der Waals surface area contributed by atoms with E-state index in [1.807, 2.05) is 24.3 Å². The van der Waals surface area contributed by atoms with Crippen LogP contribution in [0.15, 0.2) is 98.1 Å². The Hall–Kier alpha value is -5.90. The van der Waals surface area contributed by atoms with Gasteiger partial charge in [-0.05, 0) is 110 Å². The zero-order chi connectivity index (χ0) is 36.1. The van der Waals surface area contributed by atoms with Gasteiger partial charge in [-0.2, -0.15) is 0 Å². The number of carbonyl (C=O) groups excluding carboxylic acids is 4. The van der Waals surface area contributed by atoms with Gasteiger partial charge in [-0.3, -0.25) is 0 Å². The van der Waals surface area contributed by atoms with Crippen LogP contribution in [0.3, 0.4) is 0 Å². The summed E-state index contributed by atoms with van der Waals surface area (Å²) in [5.74, 6) is 0.0989. The molecule has 0 atom stereocenters. The van der Waals surface area contributed by atoms with Gasteiger partial charge in [0.05, 0.1) is 26.4 Å². The molecule has 0 aromatic heterocycles. The van der Waals surface area contributed by atoms with E-state index in [0.717, 1.165) is 36.1 Å². The number of rotatable bonds is 20. The zero-order valence-corrected chi connectivity index (χ0v) is 28.4. The Kier molecular flexibility index (Phi) is 16.3. The minimum absolute atomic E-state index is 0.319. The number of esters is 4. The molecular weight excluding hydrogens is 640 g/mol. The average Bonchev–Trinajstić information content (AvgIpc) is 3.13. The molecule has 0 saturated heterocycles. The Bertz CT molecular complexity index is 1540. The highest BCUT2D eigenvalue weighted by Crippen LogP contribution is 2.29. The van der Waals surface area contributed by atoms with Gasteiger partial charge >= 0.3 is 23.9 Å². The summed E-state index contributed by atoms with van der Waals surface area (Å²) in [5, 5.41) is 0.